The smallest absolute Gasteiger partial charge is 0.172 e. The van der Waals surface area contributed by atoms with Crippen molar-refractivity contribution < 1.29 is 4.74 Å². The maximum Gasteiger partial charge on any atom is 0.172 e. The molecule has 1 saturated carbocycles. The zero-order valence-corrected chi connectivity index (χ0v) is 14.8. The van der Waals surface area contributed by atoms with Crippen LogP contribution in [0, 0.1) is 0 Å². The molecule has 0 aliphatic heterocycles. The molecule has 0 spiro atoms. The highest BCUT2D eigenvalue weighted by Crippen LogP contribution is 2.43. The Balaban J connectivity index is 1.60. The summed E-state index contributed by atoms with van der Waals surface area (Å²) in [5.41, 5.74) is 2.16. The van der Waals surface area contributed by atoms with Crippen molar-refractivity contribution in [3.63, 3.8) is 0 Å². The Hall–Kier alpha value is -2.21. The van der Waals surface area contributed by atoms with Gasteiger partial charge in [-0.3, -0.25) is 4.98 Å². The molecule has 1 fully saturated rings. The average Bonchev–Trinajstić information content (AvgIpc) is 3.35. The summed E-state index contributed by atoms with van der Waals surface area (Å²) in [6.07, 6.45) is 5.50. The van der Waals surface area contributed by atoms with Gasteiger partial charge in [0, 0.05) is 24.4 Å². The molecular weight excluding hydrogens is 320 g/mol. The summed E-state index contributed by atoms with van der Waals surface area (Å²) in [6, 6.07) is 8.15. The van der Waals surface area contributed by atoms with Crippen molar-refractivity contribution >= 4 is 23.1 Å². The quantitative estimate of drug-likeness (QED) is 0.786. The molecule has 126 valence electrons. The van der Waals surface area contributed by atoms with Crippen molar-refractivity contribution in [2.24, 2.45) is 0 Å². The van der Waals surface area contributed by atoms with Crippen LogP contribution in [0.15, 0.2) is 36.7 Å². The van der Waals surface area contributed by atoms with Gasteiger partial charge in [-0.15, -0.1) is 0 Å². The summed E-state index contributed by atoms with van der Waals surface area (Å²) >= 11 is 5.43. The van der Waals surface area contributed by atoms with Gasteiger partial charge in [0.05, 0.1) is 12.3 Å². The average molecular weight is 342 g/mol. The normalized spacial score (nSPS) is 18.8. The molecule has 6 heteroatoms. The second-order valence-corrected chi connectivity index (χ2v) is 6.14. The number of hydrogen-bond acceptors (Lipinski definition) is 4. The van der Waals surface area contributed by atoms with Crippen molar-refractivity contribution in [3.8, 4) is 5.75 Å². The number of ether oxygens (including phenoxy) is 1. The largest absolute Gasteiger partial charge is 0.492 e. The molecule has 1 aliphatic carbocycles. The summed E-state index contributed by atoms with van der Waals surface area (Å²) in [5, 5.41) is 7.16. The summed E-state index contributed by atoms with van der Waals surface area (Å²) in [4.78, 5) is 8.85. The predicted molar refractivity (Wildman–Crippen MR) is 99.5 cm³/mol. The van der Waals surface area contributed by atoms with Crippen LogP contribution in [0.5, 0.6) is 5.75 Å². The molecule has 3 rings (SSSR count). The first-order valence-corrected chi connectivity index (χ1v) is 8.72. The lowest BCUT2D eigenvalue weighted by Crippen LogP contribution is -2.31. The topological polar surface area (TPSA) is 59.1 Å². The van der Waals surface area contributed by atoms with Crippen molar-refractivity contribution in [2.75, 3.05) is 11.9 Å². The Morgan fingerprint density at radius 1 is 1.25 bits per heavy atom. The van der Waals surface area contributed by atoms with E-state index in [1.165, 1.54) is 0 Å². The molecule has 0 radical (unpaired) electrons. The van der Waals surface area contributed by atoms with Gasteiger partial charge >= 0.3 is 0 Å². The van der Waals surface area contributed by atoms with E-state index in [0.717, 1.165) is 35.7 Å². The molecule has 0 bridgehead atoms. The minimum atomic E-state index is 0.285. The molecule has 2 aromatic heterocycles. The fourth-order valence-electron chi connectivity index (χ4n) is 2.76. The second-order valence-electron chi connectivity index (χ2n) is 5.73. The van der Waals surface area contributed by atoms with Crippen molar-refractivity contribution in [1.82, 2.24) is 15.3 Å². The standard InChI is InChI=1S/C18H22N4OS/c1-3-12-7-5-10-20-17(12)22-18(24)21-14-11-13(14)16-15(23-4-2)8-6-9-19-16/h5-10,13-14H,3-4,11H2,1-2H3,(H2,20,21,22,24). The van der Waals surface area contributed by atoms with Crippen LogP contribution in [0.2, 0.25) is 0 Å². The van der Waals surface area contributed by atoms with Crippen molar-refractivity contribution in [2.45, 2.75) is 38.6 Å². The Kier molecular flexibility index (Phi) is 5.25. The van der Waals surface area contributed by atoms with Gasteiger partial charge in [-0.2, -0.15) is 0 Å². The molecular formula is C18H22N4OS. The molecule has 24 heavy (non-hydrogen) atoms. The third kappa shape index (κ3) is 3.82. The number of aryl methyl sites for hydroxylation is 1. The summed E-state index contributed by atoms with van der Waals surface area (Å²) in [7, 11) is 0. The predicted octanol–water partition coefficient (Wildman–Crippen LogP) is 3.28. The van der Waals surface area contributed by atoms with Gasteiger partial charge in [0.15, 0.2) is 5.11 Å². The third-order valence-corrected chi connectivity index (χ3v) is 4.28. The van der Waals surface area contributed by atoms with Gasteiger partial charge in [-0.25, -0.2) is 4.98 Å². The van der Waals surface area contributed by atoms with Crippen molar-refractivity contribution in [1.29, 1.82) is 0 Å². The molecule has 0 amide bonds. The fraction of sp³-hybridized carbons (Fsp3) is 0.389. The number of thiocarbonyl (C=S) groups is 1. The Labute approximate surface area is 147 Å². The van der Waals surface area contributed by atoms with E-state index in [0.29, 0.717) is 17.6 Å². The molecule has 1 aliphatic rings. The number of hydrogen-bond donors (Lipinski definition) is 2. The minimum Gasteiger partial charge on any atom is -0.492 e. The van der Waals surface area contributed by atoms with Gasteiger partial charge in [0.25, 0.3) is 0 Å². The van der Waals surface area contributed by atoms with E-state index in [2.05, 4.69) is 33.6 Å². The van der Waals surface area contributed by atoms with Gasteiger partial charge in [0.2, 0.25) is 0 Å². The molecule has 0 saturated heterocycles. The Morgan fingerprint density at radius 2 is 2.04 bits per heavy atom. The highest BCUT2D eigenvalue weighted by molar-refractivity contribution is 7.80. The van der Waals surface area contributed by atoms with E-state index in [1.54, 1.807) is 6.20 Å². The lowest BCUT2D eigenvalue weighted by Gasteiger charge is -2.13. The highest BCUT2D eigenvalue weighted by atomic mass is 32.1. The number of rotatable bonds is 6. The van der Waals surface area contributed by atoms with Crippen LogP contribution in [0.3, 0.4) is 0 Å². The van der Waals surface area contributed by atoms with E-state index in [1.807, 2.05) is 31.3 Å². The Morgan fingerprint density at radius 3 is 2.83 bits per heavy atom. The molecule has 2 atom stereocenters. The van der Waals surface area contributed by atoms with Crippen LogP contribution in [0.1, 0.15) is 37.4 Å². The zero-order chi connectivity index (χ0) is 16.9. The fourth-order valence-corrected chi connectivity index (χ4v) is 3.01. The van der Waals surface area contributed by atoms with E-state index >= 15 is 0 Å². The lowest BCUT2D eigenvalue weighted by molar-refractivity contribution is 0.334. The molecule has 2 heterocycles. The second kappa shape index (κ2) is 7.57. The number of pyridine rings is 2. The monoisotopic (exact) mass is 342 g/mol. The van der Waals surface area contributed by atoms with Crippen LogP contribution in [0.25, 0.3) is 0 Å². The highest BCUT2D eigenvalue weighted by Gasteiger charge is 2.41. The van der Waals surface area contributed by atoms with Gasteiger partial charge in [-0.1, -0.05) is 13.0 Å². The maximum absolute atomic E-state index is 5.67. The van der Waals surface area contributed by atoms with Gasteiger partial charge < -0.3 is 15.4 Å². The SMILES string of the molecule is CCOc1cccnc1C1CC1NC(=S)Nc1ncccc1CC. The number of aromatic nitrogens is 2. The number of anilines is 1. The molecule has 5 nitrogen and oxygen atoms in total. The van der Waals surface area contributed by atoms with Crippen LogP contribution in [0.4, 0.5) is 5.82 Å². The van der Waals surface area contributed by atoms with Crippen LogP contribution >= 0.6 is 12.2 Å². The van der Waals surface area contributed by atoms with Crippen LogP contribution < -0.4 is 15.4 Å². The number of nitrogens with one attached hydrogen (secondary N) is 2. The van der Waals surface area contributed by atoms with Crippen LogP contribution in [-0.4, -0.2) is 27.7 Å². The number of nitrogens with zero attached hydrogens (tertiary/aromatic N) is 2. The first-order valence-electron chi connectivity index (χ1n) is 8.32. The van der Waals surface area contributed by atoms with Gasteiger partial charge in [0.1, 0.15) is 11.6 Å². The summed E-state index contributed by atoms with van der Waals surface area (Å²) in [6.45, 7) is 4.73. The van der Waals surface area contributed by atoms with Gasteiger partial charge in [-0.05, 0) is 55.7 Å². The maximum atomic E-state index is 5.67. The summed E-state index contributed by atoms with van der Waals surface area (Å²) in [5.74, 6) is 2.02. The lowest BCUT2D eigenvalue weighted by atomic mass is 10.2. The first-order chi connectivity index (χ1) is 11.7. The van der Waals surface area contributed by atoms with E-state index in [-0.39, 0.29) is 6.04 Å². The first kappa shape index (κ1) is 16.6. The van der Waals surface area contributed by atoms with Crippen LogP contribution in [-0.2, 0) is 6.42 Å². The zero-order valence-electron chi connectivity index (χ0n) is 14.0. The minimum absolute atomic E-state index is 0.285. The van der Waals surface area contributed by atoms with E-state index in [9.17, 15) is 0 Å². The molecule has 2 unspecified atom stereocenters. The van der Waals surface area contributed by atoms with Crippen molar-refractivity contribution in [3.05, 3.63) is 47.9 Å². The molecule has 2 aromatic rings. The molecule has 0 aromatic carbocycles. The molecule has 2 N–H and O–H groups in total. The van der Waals surface area contributed by atoms with E-state index in [4.69, 9.17) is 17.0 Å². The summed E-state index contributed by atoms with van der Waals surface area (Å²) < 4.78 is 5.67. The van der Waals surface area contributed by atoms with E-state index < -0.39 is 0 Å². The Bertz CT molecular complexity index is 722. The third-order valence-electron chi connectivity index (χ3n) is 4.06.